The SMILES string of the molecule is O=C(COc1c(Cl)cc(C=Nn2c(-c3cc4cc(Cl)ccc4o3)nc3ccccc3c2=O)cc1[N+](=O)[O-])Nc1ccccc1F. The van der Waals surface area contributed by atoms with Gasteiger partial charge in [0.15, 0.2) is 12.4 Å². The van der Waals surface area contributed by atoms with Crippen molar-refractivity contribution in [2.75, 3.05) is 11.9 Å². The average molecular weight is 646 g/mol. The van der Waals surface area contributed by atoms with Crippen LogP contribution in [-0.4, -0.2) is 33.3 Å². The van der Waals surface area contributed by atoms with Crippen LogP contribution in [0.4, 0.5) is 15.8 Å². The van der Waals surface area contributed by atoms with Gasteiger partial charge in [0.1, 0.15) is 11.4 Å². The second-order valence-electron chi connectivity index (χ2n) is 9.53. The highest BCUT2D eigenvalue weighted by Gasteiger charge is 2.22. The van der Waals surface area contributed by atoms with Gasteiger partial charge < -0.3 is 14.5 Å². The number of hydrogen-bond donors (Lipinski definition) is 1. The molecule has 0 bridgehead atoms. The van der Waals surface area contributed by atoms with Gasteiger partial charge in [0.25, 0.3) is 11.5 Å². The normalized spacial score (nSPS) is 11.4. The molecular weight excluding hydrogens is 628 g/mol. The molecule has 0 fully saturated rings. The van der Waals surface area contributed by atoms with Crippen molar-refractivity contribution >= 4 is 68.6 Å². The zero-order valence-electron chi connectivity index (χ0n) is 22.7. The summed E-state index contributed by atoms with van der Waals surface area (Å²) in [4.78, 5) is 41.6. The fourth-order valence-electron chi connectivity index (χ4n) is 4.48. The van der Waals surface area contributed by atoms with Crippen molar-refractivity contribution in [2.24, 2.45) is 5.10 Å². The Hall–Kier alpha value is -5.59. The van der Waals surface area contributed by atoms with Gasteiger partial charge in [-0.25, -0.2) is 9.37 Å². The van der Waals surface area contributed by atoms with E-state index in [4.69, 9.17) is 32.4 Å². The van der Waals surface area contributed by atoms with Gasteiger partial charge >= 0.3 is 5.69 Å². The number of furan rings is 1. The van der Waals surface area contributed by atoms with Crippen LogP contribution in [0.2, 0.25) is 10.0 Å². The first kappa shape index (κ1) is 29.5. The summed E-state index contributed by atoms with van der Waals surface area (Å²) in [6.45, 7) is -0.688. The van der Waals surface area contributed by atoms with Gasteiger partial charge in [-0.2, -0.15) is 9.78 Å². The number of carbonyl (C=O) groups is 1. The van der Waals surface area contributed by atoms with E-state index in [0.29, 0.717) is 21.5 Å². The quantitative estimate of drug-likeness (QED) is 0.106. The molecule has 6 aromatic rings. The van der Waals surface area contributed by atoms with E-state index < -0.39 is 34.5 Å². The average Bonchev–Trinajstić information content (AvgIpc) is 3.44. The van der Waals surface area contributed by atoms with E-state index in [2.05, 4.69) is 15.4 Å². The molecule has 0 saturated heterocycles. The predicted molar refractivity (Wildman–Crippen MR) is 168 cm³/mol. The maximum atomic E-state index is 13.9. The van der Waals surface area contributed by atoms with Crippen molar-refractivity contribution in [3.8, 4) is 17.3 Å². The van der Waals surface area contributed by atoms with E-state index in [1.54, 1.807) is 48.5 Å². The number of fused-ring (bicyclic) bond motifs is 2. The minimum absolute atomic E-state index is 0.0729. The van der Waals surface area contributed by atoms with Crippen molar-refractivity contribution in [3.05, 3.63) is 127 Å². The van der Waals surface area contributed by atoms with Gasteiger partial charge in [-0.3, -0.25) is 19.7 Å². The van der Waals surface area contributed by atoms with Gasteiger partial charge in [0.2, 0.25) is 11.6 Å². The Morgan fingerprint density at radius 3 is 2.67 bits per heavy atom. The monoisotopic (exact) mass is 645 g/mol. The molecule has 0 unspecified atom stereocenters. The number of hydrogen-bond acceptors (Lipinski definition) is 8. The van der Waals surface area contributed by atoms with E-state index in [9.17, 15) is 24.1 Å². The number of para-hydroxylation sites is 2. The minimum Gasteiger partial charge on any atom is -0.476 e. The molecule has 0 aliphatic carbocycles. The number of nitrogens with zero attached hydrogens (tertiary/aromatic N) is 4. The first-order valence-corrected chi connectivity index (χ1v) is 13.8. The Bertz CT molecular complexity index is 2230. The number of nitro groups is 1. The lowest BCUT2D eigenvalue weighted by Gasteiger charge is -2.10. The third-order valence-corrected chi connectivity index (χ3v) is 7.03. The van der Waals surface area contributed by atoms with Crippen LogP contribution in [-0.2, 0) is 4.79 Å². The molecule has 14 heteroatoms. The van der Waals surface area contributed by atoms with Crippen molar-refractivity contribution in [3.63, 3.8) is 0 Å². The molecule has 0 atom stereocenters. The van der Waals surface area contributed by atoms with Crippen molar-refractivity contribution in [1.82, 2.24) is 9.66 Å². The molecule has 45 heavy (non-hydrogen) atoms. The first-order chi connectivity index (χ1) is 21.7. The van der Waals surface area contributed by atoms with Crippen LogP contribution in [0, 0.1) is 15.9 Å². The van der Waals surface area contributed by atoms with Crippen LogP contribution in [0.3, 0.4) is 0 Å². The number of amides is 1. The lowest BCUT2D eigenvalue weighted by atomic mass is 10.2. The number of rotatable bonds is 8. The molecule has 0 aliphatic heterocycles. The van der Waals surface area contributed by atoms with Gasteiger partial charge in [-0.15, -0.1) is 0 Å². The molecule has 6 rings (SSSR count). The fourth-order valence-corrected chi connectivity index (χ4v) is 4.94. The molecule has 224 valence electrons. The maximum Gasteiger partial charge on any atom is 0.313 e. The van der Waals surface area contributed by atoms with Gasteiger partial charge in [-0.05, 0) is 54.6 Å². The number of benzene rings is 4. The number of ether oxygens (including phenoxy) is 1. The third kappa shape index (κ3) is 6.09. The number of halogens is 3. The van der Waals surface area contributed by atoms with Crippen LogP contribution < -0.4 is 15.6 Å². The Morgan fingerprint density at radius 1 is 1.09 bits per heavy atom. The molecule has 2 heterocycles. The molecule has 0 saturated carbocycles. The summed E-state index contributed by atoms with van der Waals surface area (Å²) in [5, 5.41) is 19.8. The molecule has 4 aromatic carbocycles. The summed E-state index contributed by atoms with van der Waals surface area (Å²) in [5.41, 5.74) is -0.123. The molecule has 11 nitrogen and oxygen atoms in total. The smallest absolute Gasteiger partial charge is 0.313 e. The Kier molecular flexibility index (Phi) is 7.98. The summed E-state index contributed by atoms with van der Waals surface area (Å²) in [7, 11) is 0. The van der Waals surface area contributed by atoms with E-state index in [-0.39, 0.29) is 39.0 Å². The van der Waals surface area contributed by atoms with Crippen molar-refractivity contribution in [1.29, 1.82) is 0 Å². The lowest BCUT2D eigenvalue weighted by Crippen LogP contribution is -2.21. The van der Waals surface area contributed by atoms with Crippen molar-refractivity contribution < 1.29 is 23.3 Å². The molecular formula is C31H18Cl2FN5O6. The molecule has 0 spiro atoms. The largest absolute Gasteiger partial charge is 0.476 e. The summed E-state index contributed by atoms with van der Waals surface area (Å²) in [5.74, 6) is -1.50. The summed E-state index contributed by atoms with van der Waals surface area (Å²) < 4.78 is 26.2. The molecule has 0 radical (unpaired) electrons. The highest BCUT2D eigenvalue weighted by Crippen LogP contribution is 2.36. The van der Waals surface area contributed by atoms with Crippen LogP contribution in [0.5, 0.6) is 5.75 Å². The third-order valence-electron chi connectivity index (χ3n) is 6.51. The van der Waals surface area contributed by atoms with Gasteiger partial charge in [0, 0.05) is 22.0 Å². The highest BCUT2D eigenvalue weighted by molar-refractivity contribution is 6.32. The van der Waals surface area contributed by atoms with E-state index in [1.807, 2.05) is 0 Å². The topological polar surface area (TPSA) is 142 Å². The minimum atomic E-state index is -0.764. The molecule has 1 N–H and O–H groups in total. The summed E-state index contributed by atoms with van der Waals surface area (Å²) in [6.07, 6.45) is 1.19. The van der Waals surface area contributed by atoms with Crippen LogP contribution in [0.15, 0.2) is 99.2 Å². The number of carbonyl (C=O) groups excluding carboxylic acids is 1. The van der Waals surface area contributed by atoms with E-state index in [1.165, 1.54) is 30.5 Å². The van der Waals surface area contributed by atoms with Gasteiger partial charge in [-0.1, -0.05) is 47.5 Å². The number of aromatic nitrogens is 2. The fraction of sp³-hybridized carbons (Fsp3) is 0.0323. The van der Waals surface area contributed by atoms with Crippen LogP contribution in [0.1, 0.15) is 5.56 Å². The van der Waals surface area contributed by atoms with Gasteiger partial charge in [0.05, 0.1) is 32.8 Å². The standard InChI is InChI=1S/C31H18Cl2FN5O6/c32-19-9-10-26-18(13-19)14-27(45-26)30-37-23-7-3-1-5-20(23)31(41)38(30)35-15-17-11-21(33)29(25(12-17)39(42)43)44-16-28(40)36-24-8-4-2-6-22(24)34/h1-15H,16H2,(H,36,40). The van der Waals surface area contributed by atoms with E-state index >= 15 is 0 Å². The predicted octanol–water partition coefficient (Wildman–Crippen LogP) is 7.06. The number of nitro benzene ring substituents is 1. The maximum absolute atomic E-state index is 13.9. The lowest BCUT2D eigenvalue weighted by molar-refractivity contribution is -0.385. The number of anilines is 1. The Morgan fingerprint density at radius 2 is 1.87 bits per heavy atom. The summed E-state index contributed by atoms with van der Waals surface area (Å²) in [6, 6.07) is 21.3. The Labute approximate surface area is 262 Å². The molecule has 2 aromatic heterocycles. The van der Waals surface area contributed by atoms with Crippen LogP contribution >= 0.6 is 23.2 Å². The molecule has 1 amide bonds. The zero-order chi connectivity index (χ0) is 31.7. The van der Waals surface area contributed by atoms with Crippen LogP contribution in [0.25, 0.3) is 33.5 Å². The van der Waals surface area contributed by atoms with Crippen molar-refractivity contribution in [2.45, 2.75) is 0 Å². The Balaban J connectivity index is 1.35. The zero-order valence-corrected chi connectivity index (χ0v) is 24.3. The highest BCUT2D eigenvalue weighted by atomic mass is 35.5. The molecule has 0 aliphatic rings. The first-order valence-electron chi connectivity index (χ1n) is 13.1. The summed E-state index contributed by atoms with van der Waals surface area (Å²) >= 11 is 12.5. The number of nitrogens with one attached hydrogen (secondary N) is 1. The van der Waals surface area contributed by atoms with E-state index in [0.717, 1.165) is 16.8 Å². The second-order valence-corrected chi connectivity index (χ2v) is 10.4. The second kappa shape index (κ2) is 12.2.